The lowest BCUT2D eigenvalue weighted by Gasteiger charge is -2.09. The summed E-state index contributed by atoms with van der Waals surface area (Å²) in [6.07, 6.45) is 5.47. The molecule has 1 heterocycles. The highest BCUT2D eigenvalue weighted by molar-refractivity contribution is 5.01. The standard InChI is InChI=1S/C21H42N4O5/c1-4-6-20(5-2)21-19-25(24-23-21)8-10-27-12-14-29-16-18-30-17-15-28-13-11-26-9-7-22-3/h19-20,22H,4-18H2,1-3H3. The Morgan fingerprint density at radius 3 is 1.87 bits per heavy atom. The first kappa shape index (κ1) is 26.9. The molecule has 0 saturated carbocycles. The van der Waals surface area contributed by atoms with E-state index in [1.165, 1.54) is 6.42 Å². The first-order valence-corrected chi connectivity index (χ1v) is 11.2. The molecule has 0 aliphatic rings. The third kappa shape index (κ3) is 14.0. The Morgan fingerprint density at radius 1 is 0.833 bits per heavy atom. The Labute approximate surface area is 181 Å². The molecule has 0 aliphatic carbocycles. The highest BCUT2D eigenvalue weighted by Crippen LogP contribution is 2.22. The van der Waals surface area contributed by atoms with E-state index in [2.05, 4.69) is 29.5 Å². The Hall–Kier alpha value is -1.10. The van der Waals surface area contributed by atoms with E-state index in [1.54, 1.807) is 0 Å². The molecule has 0 amide bonds. The molecule has 1 N–H and O–H groups in total. The van der Waals surface area contributed by atoms with Gasteiger partial charge >= 0.3 is 0 Å². The summed E-state index contributed by atoms with van der Waals surface area (Å²) in [5, 5.41) is 11.5. The molecule has 0 fully saturated rings. The maximum absolute atomic E-state index is 5.60. The molecule has 0 aliphatic heterocycles. The second-order valence-corrected chi connectivity index (χ2v) is 6.97. The van der Waals surface area contributed by atoms with E-state index < -0.39 is 0 Å². The Kier molecular flexibility index (Phi) is 17.8. The molecule has 1 aromatic heterocycles. The molecule has 0 saturated heterocycles. The summed E-state index contributed by atoms with van der Waals surface area (Å²) in [7, 11) is 1.90. The second kappa shape index (κ2) is 19.8. The zero-order valence-corrected chi connectivity index (χ0v) is 19.1. The van der Waals surface area contributed by atoms with Gasteiger partial charge in [-0.25, -0.2) is 4.68 Å². The van der Waals surface area contributed by atoms with Crippen LogP contribution in [0.25, 0.3) is 0 Å². The van der Waals surface area contributed by atoms with Crippen LogP contribution in [-0.4, -0.2) is 94.7 Å². The Bertz CT molecular complexity index is 490. The summed E-state index contributed by atoms with van der Waals surface area (Å²) in [4.78, 5) is 0. The molecule has 1 rings (SSSR count). The van der Waals surface area contributed by atoms with E-state index in [0.717, 1.165) is 25.1 Å². The summed E-state index contributed by atoms with van der Waals surface area (Å²) in [5.41, 5.74) is 1.09. The summed E-state index contributed by atoms with van der Waals surface area (Å²) < 4.78 is 29.2. The van der Waals surface area contributed by atoms with Gasteiger partial charge in [-0.3, -0.25) is 0 Å². The predicted molar refractivity (Wildman–Crippen MR) is 116 cm³/mol. The number of nitrogens with one attached hydrogen (secondary N) is 1. The molecule has 0 spiro atoms. The van der Waals surface area contributed by atoms with Crippen LogP contribution in [0.4, 0.5) is 0 Å². The van der Waals surface area contributed by atoms with Crippen LogP contribution >= 0.6 is 0 Å². The van der Waals surface area contributed by atoms with Crippen molar-refractivity contribution >= 4 is 0 Å². The van der Waals surface area contributed by atoms with Crippen LogP contribution < -0.4 is 5.32 Å². The van der Waals surface area contributed by atoms with Crippen molar-refractivity contribution in [1.29, 1.82) is 0 Å². The topological polar surface area (TPSA) is 88.9 Å². The Balaban J connectivity index is 1.84. The summed E-state index contributed by atoms with van der Waals surface area (Å²) in [5.74, 6) is 0.509. The van der Waals surface area contributed by atoms with Gasteiger partial charge in [0.25, 0.3) is 0 Å². The maximum atomic E-state index is 5.60. The third-order valence-corrected chi connectivity index (χ3v) is 4.55. The van der Waals surface area contributed by atoms with Gasteiger partial charge in [-0.1, -0.05) is 25.5 Å². The summed E-state index contributed by atoms with van der Waals surface area (Å²) in [6, 6.07) is 0. The number of hydrogen-bond acceptors (Lipinski definition) is 8. The van der Waals surface area contributed by atoms with Gasteiger partial charge in [-0.2, -0.15) is 0 Å². The smallest absolute Gasteiger partial charge is 0.0857 e. The average molecular weight is 431 g/mol. The lowest BCUT2D eigenvalue weighted by molar-refractivity contribution is -0.0113. The van der Waals surface area contributed by atoms with Crippen molar-refractivity contribution in [1.82, 2.24) is 20.3 Å². The average Bonchev–Trinajstić information content (AvgIpc) is 3.23. The number of ether oxygens (including phenoxy) is 5. The highest BCUT2D eigenvalue weighted by atomic mass is 16.6. The number of likely N-dealkylation sites (N-methyl/N-ethyl adjacent to an activating group) is 1. The molecule has 0 aromatic carbocycles. The van der Waals surface area contributed by atoms with E-state index in [-0.39, 0.29) is 0 Å². The fraction of sp³-hybridized carbons (Fsp3) is 0.905. The normalized spacial score (nSPS) is 12.5. The number of hydrogen-bond donors (Lipinski definition) is 1. The van der Waals surface area contributed by atoms with Gasteiger partial charge in [0.2, 0.25) is 0 Å². The molecule has 30 heavy (non-hydrogen) atoms. The minimum absolute atomic E-state index is 0.509. The third-order valence-electron chi connectivity index (χ3n) is 4.55. The van der Waals surface area contributed by atoms with Crippen molar-refractivity contribution in [3.8, 4) is 0 Å². The first-order chi connectivity index (χ1) is 14.8. The zero-order valence-electron chi connectivity index (χ0n) is 19.1. The second-order valence-electron chi connectivity index (χ2n) is 6.97. The zero-order chi connectivity index (χ0) is 21.7. The lowest BCUT2D eigenvalue weighted by atomic mass is 9.98. The number of nitrogens with zero attached hydrogens (tertiary/aromatic N) is 3. The van der Waals surface area contributed by atoms with Crippen LogP contribution in [0.3, 0.4) is 0 Å². The van der Waals surface area contributed by atoms with Crippen molar-refractivity contribution < 1.29 is 23.7 Å². The van der Waals surface area contributed by atoms with Crippen LogP contribution in [-0.2, 0) is 30.2 Å². The van der Waals surface area contributed by atoms with E-state index in [4.69, 9.17) is 23.7 Å². The summed E-state index contributed by atoms with van der Waals surface area (Å²) >= 11 is 0. The molecular formula is C21H42N4O5. The van der Waals surface area contributed by atoms with Crippen molar-refractivity contribution in [3.63, 3.8) is 0 Å². The maximum Gasteiger partial charge on any atom is 0.0857 e. The molecular weight excluding hydrogens is 388 g/mol. The molecule has 1 unspecified atom stereocenters. The van der Waals surface area contributed by atoms with Crippen molar-refractivity contribution in [2.45, 2.75) is 45.6 Å². The highest BCUT2D eigenvalue weighted by Gasteiger charge is 2.12. The van der Waals surface area contributed by atoms with E-state index in [9.17, 15) is 0 Å². The molecule has 0 bridgehead atoms. The van der Waals surface area contributed by atoms with Crippen LogP contribution in [0, 0.1) is 0 Å². The van der Waals surface area contributed by atoms with Gasteiger partial charge in [0.05, 0.1) is 78.3 Å². The summed E-state index contributed by atoms with van der Waals surface area (Å²) in [6.45, 7) is 11.8. The molecule has 1 atom stereocenters. The van der Waals surface area contributed by atoms with Crippen LogP contribution in [0.15, 0.2) is 6.20 Å². The van der Waals surface area contributed by atoms with Gasteiger partial charge in [0.1, 0.15) is 0 Å². The first-order valence-electron chi connectivity index (χ1n) is 11.2. The van der Waals surface area contributed by atoms with E-state index in [0.29, 0.717) is 78.5 Å². The van der Waals surface area contributed by atoms with Gasteiger partial charge < -0.3 is 29.0 Å². The van der Waals surface area contributed by atoms with E-state index in [1.807, 2.05) is 17.9 Å². The van der Waals surface area contributed by atoms with Crippen molar-refractivity contribution in [2.24, 2.45) is 0 Å². The predicted octanol–water partition coefficient (Wildman–Crippen LogP) is 1.87. The number of aromatic nitrogens is 3. The largest absolute Gasteiger partial charge is 0.378 e. The van der Waals surface area contributed by atoms with Crippen molar-refractivity contribution in [3.05, 3.63) is 11.9 Å². The lowest BCUT2D eigenvalue weighted by Crippen LogP contribution is -2.17. The minimum Gasteiger partial charge on any atom is -0.378 e. The molecule has 1 aromatic rings. The monoisotopic (exact) mass is 430 g/mol. The van der Waals surface area contributed by atoms with Gasteiger partial charge in [-0.05, 0) is 19.9 Å². The van der Waals surface area contributed by atoms with Crippen molar-refractivity contribution in [2.75, 3.05) is 79.7 Å². The molecule has 0 radical (unpaired) electrons. The SMILES string of the molecule is CCCC(CC)c1cn(CCOCCOCCOCCOCCOCCNC)nn1. The van der Waals surface area contributed by atoms with Gasteiger partial charge in [0.15, 0.2) is 0 Å². The molecule has 176 valence electrons. The minimum atomic E-state index is 0.509. The van der Waals surface area contributed by atoms with Gasteiger partial charge in [0, 0.05) is 18.7 Å². The molecule has 9 nitrogen and oxygen atoms in total. The fourth-order valence-electron chi connectivity index (χ4n) is 2.83. The number of rotatable bonds is 22. The fourth-order valence-corrected chi connectivity index (χ4v) is 2.83. The van der Waals surface area contributed by atoms with Gasteiger partial charge in [-0.15, -0.1) is 5.10 Å². The van der Waals surface area contributed by atoms with Crippen LogP contribution in [0.2, 0.25) is 0 Å². The van der Waals surface area contributed by atoms with Crippen LogP contribution in [0.1, 0.15) is 44.7 Å². The Morgan fingerprint density at radius 2 is 1.37 bits per heavy atom. The molecule has 9 heteroatoms. The van der Waals surface area contributed by atoms with Crippen LogP contribution in [0.5, 0.6) is 0 Å². The quantitative estimate of drug-likeness (QED) is 0.279. The van der Waals surface area contributed by atoms with E-state index >= 15 is 0 Å².